The summed E-state index contributed by atoms with van der Waals surface area (Å²) in [7, 11) is 0. The van der Waals surface area contributed by atoms with E-state index in [1.807, 2.05) is 16.3 Å². The summed E-state index contributed by atoms with van der Waals surface area (Å²) in [5.74, 6) is 0.576. The first-order valence-corrected chi connectivity index (χ1v) is 9.62. The average Bonchev–Trinajstić information content (AvgIpc) is 3.08. The minimum Gasteiger partial charge on any atom is -0.353 e. The van der Waals surface area contributed by atoms with Crippen molar-refractivity contribution in [2.45, 2.75) is 58.4 Å². The number of hydrogen-bond acceptors (Lipinski definition) is 3. The van der Waals surface area contributed by atoms with E-state index < -0.39 is 0 Å². The van der Waals surface area contributed by atoms with Gasteiger partial charge >= 0.3 is 0 Å². The molecule has 4 nitrogen and oxygen atoms in total. The van der Waals surface area contributed by atoms with Gasteiger partial charge in [-0.15, -0.1) is 11.3 Å². The summed E-state index contributed by atoms with van der Waals surface area (Å²) < 4.78 is 0. The number of hydrogen-bond donors (Lipinski definition) is 1. The fourth-order valence-corrected chi connectivity index (χ4v) is 3.84. The van der Waals surface area contributed by atoms with Crippen molar-refractivity contribution in [3.05, 3.63) is 22.4 Å². The van der Waals surface area contributed by atoms with Crippen LogP contribution in [0.3, 0.4) is 0 Å². The zero-order valence-corrected chi connectivity index (χ0v) is 15.0. The molecule has 2 heterocycles. The minimum atomic E-state index is 0.128. The van der Waals surface area contributed by atoms with Gasteiger partial charge in [0.15, 0.2) is 0 Å². The van der Waals surface area contributed by atoms with Gasteiger partial charge in [0.1, 0.15) is 0 Å². The van der Waals surface area contributed by atoms with E-state index in [0.29, 0.717) is 6.42 Å². The molecule has 0 unspecified atom stereocenters. The lowest BCUT2D eigenvalue weighted by molar-refractivity contribution is -0.137. The van der Waals surface area contributed by atoms with Gasteiger partial charge in [-0.25, -0.2) is 0 Å². The molecule has 1 fully saturated rings. The van der Waals surface area contributed by atoms with Crippen LogP contribution in [-0.2, 0) is 16.0 Å². The molecule has 0 bridgehead atoms. The van der Waals surface area contributed by atoms with Crippen molar-refractivity contribution in [1.82, 2.24) is 10.2 Å². The van der Waals surface area contributed by atoms with Crippen LogP contribution in [0.1, 0.15) is 50.8 Å². The van der Waals surface area contributed by atoms with Crippen LogP contribution in [0.15, 0.2) is 17.5 Å². The Bertz CT molecular complexity index is 489. The minimum absolute atomic E-state index is 0.128. The number of carbonyl (C=O) groups is 2. The molecule has 128 valence electrons. The van der Waals surface area contributed by atoms with Crippen LogP contribution in [-0.4, -0.2) is 35.8 Å². The molecule has 2 rings (SSSR count). The maximum Gasteiger partial charge on any atom is 0.225 e. The predicted octanol–water partition coefficient (Wildman–Crippen LogP) is 3.22. The molecule has 1 aromatic heterocycles. The van der Waals surface area contributed by atoms with Crippen molar-refractivity contribution in [3.8, 4) is 0 Å². The number of thiophene rings is 1. The van der Waals surface area contributed by atoms with Crippen LogP contribution in [0, 0.1) is 5.92 Å². The van der Waals surface area contributed by atoms with Crippen molar-refractivity contribution < 1.29 is 9.59 Å². The lowest BCUT2D eigenvalue weighted by Crippen LogP contribution is -2.48. The quantitative estimate of drug-likeness (QED) is 0.831. The van der Waals surface area contributed by atoms with Gasteiger partial charge in [0.05, 0.1) is 0 Å². The number of piperidine rings is 1. The number of rotatable bonds is 7. The fourth-order valence-electron chi connectivity index (χ4n) is 3.13. The van der Waals surface area contributed by atoms with E-state index in [1.54, 1.807) is 11.3 Å². The Kier molecular flexibility index (Phi) is 7.09. The Morgan fingerprint density at radius 2 is 2.00 bits per heavy atom. The van der Waals surface area contributed by atoms with Gasteiger partial charge in [0, 0.05) is 36.3 Å². The highest BCUT2D eigenvalue weighted by molar-refractivity contribution is 7.09. The van der Waals surface area contributed by atoms with Gasteiger partial charge in [-0.1, -0.05) is 19.9 Å². The summed E-state index contributed by atoms with van der Waals surface area (Å²) in [4.78, 5) is 27.6. The van der Waals surface area contributed by atoms with Crippen LogP contribution in [0.5, 0.6) is 0 Å². The van der Waals surface area contributed by atoms with E-state index in [-0.39, 0.29) is 23.8 Å². The highest BCUT2D eigenvalue weighted by atomic mass is 32.1. The monoisotopic (exact) mass is 336 g/mol. The molecule has 1 aliphatic heterocycles. The summed E-state index contributed by atoms with van der Waals surface area (Å²) >= 11 is 1.70. The summed E-state index contributed by atoms with van der Waals surface area (Å²) in [6, 6.07) is 4.31. The van der Waals surface area contributed by atoms with Gasteiger partial charge in [-0.2, -0.15) is 0 Å². The number of amides is 2. The third-order valence-corrected chi connectivity index (χ3v) is 5.62. The van der Waals surface area contributed by atoms with Gasteiger partial charge in [0.25, 0.3) is 0 Å². The molecule has 23 heavy (non-hydrogen) atoms. The zero-order chi connectivity index (χ0) is 16.7. The SMILES string of the molecule is CCC(CC)C(=O)N1CCC(NC(=O)CCc2cccs2)CC1. The van der Waals surface area contributed by atoms with Crippen LogP contribution in [0.25, 0.3) is 0 Å². The molecule has 0 aromatic carbocycles. The van der Waals surface area contributed by atoms with E-state index in [4.69, 9.17) is 0 Å². The molecule has 0 spiro atoms. The number of nitrogens with one attached hydrogen (secondary N) is 1. The molecule has 5 heteroatoms. The lowest BCUT2D eigenvalue weighted by atomic mass is 9.98. The van der Waals surface area contributed by atoms with Crippen molar-refractivity contribution in [2.75, 3.05) is 13.1 Å². The topological polar surface area (TPSA) is 49.4 Å². The summed E-state index contributed by atoms with van der Waals surface area (Å²) in [6.07, 6.45) is 4.93. The van der Waals surface area contributed by atoms with Gasteiger partial charge in [-0.05, 0) is 43.6 Å². The van der Waals surface area contributed by atoms with E-state index in [0.717, 1.165) is 45.2 Å². The standard InChI is InChI=1S/C18H28N2O2S/c1-3-14(4-2)18(22)20-11-9-15(10-12-20)19-17(21)8-7-16-6-5-13-23-16/h5-6,13-15H,3-4,7-12H2,1-2H3,(H,19,21). The highest BCUT2D eigenvalue weighted by Crippen LogP contribution is 2.17. The smallest absolute Gasteiger partial charge is 0.225 e. The Balaban J connectivity index is 1.69. The van der Waals surface area contributed by atoms with Crippen LogP contribution in [0.4, 0.5) is 0 Å². The zero-order valence-electron chi connectivity index (χ0n) is 14.2. The van der Waals surface area contributed by atoms with Gasteiger partial charge in [-0.3, -0.25) is 9.59 Å². The number of nitrogens with zero attached hydrogens (tertiary/aromatic N) is 1. The lowest BCUT2D eigenvalue weighted by Gasteiger charge is -2.34. The van der Waals surface area contributed by atoms with Crippen LogP contribution >= 0.6 is 11.3 Å². The first-order valence-electron chi connectivity index (χ1n) is 8.74. The molecule has 2 amide bonds. The second-order valence-electron chi connectivity index (χ2n) is 6.26. The fraction of sp³-hybridized carbons (Fsp3) is 0.667. The first kappa shape index (κ1) is 18.0. The second kappa shape index (κ2) is 9.06. The summed E-state index contributed by atoms with van der Waals surface area (Å²) in [5.41, 5.74) is 0. The third kappa shape index (κ3) is 5.34. The number of likely N-dealkylation sites (tertiary alicyclic amines) is 1. The molecule has 0 aliphatic carbocycles. The van der Waals surface area contributed by atoms with Crippen LogP contribution < -0.4 is 5.32 Å². The molecular weight excluding hydrogens is 308 g/mol. The van der Waals surface area contributed by atoms with E-state index >= 15 is 0 Å². The van der Waals surface area contributed by atoms with Crippen molar-refractivity contribution in [1.29, 1.82) is 0 Å². The summed E-state index contributed by atoms with van der Waals surface area (Å²) in [6.45, 7) is 5.69. The Hall–Kier alpha value is -1.36. The van der Waals surface area contributed by atoms with Gasteiger partial charge in [0.2, 0.25) is 11.8 Å². The van der Waals surface area contributed by atoms with Gasteiger partial charge < -0.3 is 10.2 Å². The largest absolute Gasteiger partial charge is 0.353 e. The normalized spacial score (nSPS) is 15.9. The first-order chi connectivity index (χ1) is 11.1. The van der Waals surface area contributed by atoms with Crippen molar-refractivity contribution in [2.24, 2.45) is 5.92 Å². The number of carbonyl (C=O) groups excluding carboxylic acids is 2. The second-order valence-corrected chi connectivity index (χ2v) is 7.29. The molecule has 0 saturated carbocycles. The Labute approximate surface area is 143 Å². The van der Waals surface area contributed by atoms with Crippen LogP contribution in [0.2, 0.25) is 0 Å². The average molecular weight is 337 g/mol. The molecule has 0 radical (unpaired) electrons. The molecule has 1 N–H and O–H groups in total. The number of aryl methyl sites for hydroxylation is 1. The van der Waals surface area contributed by atoms with Crippen molar-refractivity contribution >= 4 is 23.2 Å². The molecule has 1 saturated heterocycles. The predicted molar refractivity (Wildman–Crippen MR) is 94.5 cm³/mol. The molecular formula is C18H28N2O2S. The maximum absolute atomic E-state index is 12.4. The maximum atomic E-state index is 12.4. The Morgan fingerprint density at radius 1 is 1.30 bits per heavy atom. The molecule has 1 aliphatic rings. The van der Waals surface area contributed by atoms with E-state index in [9.17, 15) is 9.59 Å². The van der Waals surface area contributed by atoms with Crippen molar-refractivity contribution in [3.63, 3.8) is 0 Å². The third-order valence-electron chi connectivity index (χ3n) is 4.69. The molecule has 0 atom stereocenters. The summed E-state index contributed by atoms with van der Waals surface area (Å²) in [5, 5.41) is 5.17. The molecule has 1 aromatic rings. The Morgan fingerprint density at radius 3 is 2.57 bits per heavy atom. The highest BCUT2D eigenvalue weighted by Gasteiger charge is 2.26. The van der Waals surface area contributed by atoms with E-state index in [1.165, 1.54) is 4.88 Å². The van der Waals surface area contributed by atoms with E-state index in [2.05, 4.69) is 25.2 Å².